The molecule has 1 aliphatic rings. The van der Waals surface area contributed by atoms with E-state index in [2.05, 4.69) is 5.32 Å². The Morgan fingerprint density at radius 1 is 1.62 bits per heavy atom. The maximum atomic E-state index is 11.9. The standard InChI is InChI=1S/C12H24N2O2/c1-10(16-3)4-5-12(15)14-7-6-11(9-14)8-13-2/h10-11,13H,4-9H2,1-3H3. The molecule has 0 aromatic heterocycles. The Morgan fingerprint density at radius 2 is 2.38 bits per heavy atom. The first-order valence-electron chi connectivity index (χ1n) is 6.12. The van der Waals surface area contributed by atoms with Crippen LogP contribution in [0.2, 0.25) is 0 Å². The average molecular weight is 228 g/mol. The number of hydrogen-bond acceptors (Lipinski definition) is 3. The molecule has 1 N–H and O–H groups in total. The van der Waals surface area contributed by atoms with Gasteiger partial charge in [0.15, 0.2) is 0 Å². The predicted molar refractivity (Wildman–Crippen MR) is 64.3 cm³/mol. The van der Waals surface area contributed by atoms with E-state index in [4.69, 9.17) is 4.74 Å². The summed E-state index contributed by atoms with van der Waals surface area (Å²) >= 11 is 0. The normalized spacial score (nSPS) is 22.4. The molecule has 0 aromatic rings. The first-order valence-corrected chi connectivity index (χ1v) is 6.12. The van der Waals surface area contributed by atoms with E-state index in [-0.39, 0.29) is 12.0 Å². The van der Waals surface area contributed by atoms with Crippen LogP contribution in [0.1, 0.15) is 26.2 Å². The van der Waals surface area contributed by atoms with Gasteiger partial charge in [0.1, 0.15) is 0 Å². The third kappa shape index (κ3) is 4.10. The second kappa shape index (κ2) is 6.86. The molecule has 1 rings (SSSR count). The van der Waals surface area contributed by atoms with E-state index < -0.39 is 0 Å². The molecule has 1 amide bonds. The molecule has 4 heteroatoms. The fourth-order valence-electron chi connectivity index (χ4n) is 2.12. The molecule has 0 radical (unpaired) electrons. The number of amides is 1. The van der Waals surface area contributed by atoms with Crippen molar-refractivity contribution < 1.29 is 9.53 Å². The van der Waals surface area contributed by atoms with Crippen LogP contribution in [-0.4, -0.2) is 50.7 Å². The fraction of sp³-hybridized carbons (Fsp3) is 0.917. The molecular weight excluding hydrogens is 204 g/mol. The molecule has 94 valence electrons. The lowest BCUT2D eigenvalue weighted by atomic mass is 10.1. The van der Waals surface area contributed by atoms with Gasteiger partial charge < -0.3 is 15.0 Å². The molecule has 16 heavy (non-hydrogen) atoms. The minimum Gasteiger partial charge on any atom is -0.382 e. The van der Waals surface area contributed by atoms with Gasteiger partial charge in [-0.15, -0.1) is 0 Å². The molecule has 0 bridgehead atoms. The Hall–Kier alpha value is -0.610. The van der Waals surface area contributed by atoms with Gasteiger partial charge >= 0.3 is 0 Å². The highest BCUT2D eigenvalue weighted by Gasteiger charge is 2.25. The van der Waals surface area contributed by atoms with Crippen LogP contribution in [0.25, 0.3) is 0 Å². The third-order valence-corrected chi connectivity index (χ3v) is 3.30. The summed E-state index contributed by atoms with van der Waals surface area (Å²) < 4.78 is 5.14. The number of rotatable bonds is 6. The smallest absolute Gasteiger partial charge is 0.222 e. The van der Waals surface area contributed by atoms with Gasteiger partial charge in [-0.2, -0.15) is 0 Å². The van der Waals surface area contributed by atoms with E-state index in [9.17, 15) is 4.79 Å². The molecule has 2 atom stereocenters. The van der Waals surface area contributed by atoms with Crippen molar-refractivity contribution in [1.82, 2.24) is 10.2 Å². The van der Waals surface area contributed by atoms with Crippen LogP contribution in [0.15, 0.2) is 0 Å². The highest BCUT2D eigenvalue weighted by Crippen LogP contribution is 2.17. The summed E-state index contributed by atoms with van der Waals surface area (Å²) in [4.78, 5) is 13.9. The zero-order valence-electron chi connectivity index (χ0n) is 10.7. The van der Waals surface area contributed by atoms with Crippen molar-refractivity contribution in [3.8, 4) is 0 Å². The van der Waals surface area contributed by atoms with Crippen molar-refractivity contribution in [2.75, 3.05) is 33.8 Å². The van der Waals surface area contributed by atoms with Gasteiger partial charge in [0.05, 0.1) is 6.10 Å². The maximum absolute atomic E-state index is 11.9. The molecule has 1 fully saturated rings. The summed E-state index contributed by atoms with van der Waals surface area (Å²) in [6, 6.07) is 0. The molecule has 0 aliphatic carbocycles. The van der Waals surface area contributed by atoms with Crippen molar-refractivity contribution in [1.29, 1.82) is 0 Å². The van der Waals surface area contributed by atoms with Crippen LogP contribution in [0, 0.1) is 5.92 Å². The van der Waals surface area contributed by atoms with Crippen LogP contribution in [0.4, 0.5) is 0 Å². The van der Waals surface area contributed by atoms with Crippen LogP contribution in [0.5, 0.6) is 0 Å². The number of methoxy groups -OCH3 is 1. The van der Waals surface area contributed by atoms with Gasteiger partial charge in [0.25, 0.3) is 0 Å². The third-order valence-electron chi connectivity index (χ3n) is 3.30. The SMILES string of the molecule is CNCC1CCN(C(=O)CCC(C)OC)C1. The summed E-state index contributed by atoms with van der Waals surface area (Å²) in [6.45, 7) is 4.85. The number of nitrogens with one attached hydrogen (secondary N) is 1. The quantitative estimate of drug-likeness (QED) is 0.733. The Labute approximate surface area is 98.3 Å². The van der Waals surface area contributed by atoms with Crippen LogP contribution < -0.4 is 5.32 Å². The van der Waals surface area contributed by atoms with Gasteiger partial charge in [-0.3, -0.25) is 4.79 Å². The van der Waals surface area contributed by atoms with Crippen molar-refractivity contribution in [2.45, 2.75) is 32.3 Å². The first kappa shape index (κ1) is 13.5. The number of nitrogens with zero attached hydrogens (tertiary/aromatic N) is 1. The van der Waals surface area contributed by atoms with E-state index >= 15 is 0 Å². The van der Waals surface area contributed by atoms with Crippen LogP contribution in [0.3, 0.4) is 0 Å². The zero-order chi connectivity index (χ0) is 12.0. The second-order valence-corrected chi connectivity index (χ2v) is 4.64. The lowest BCUT2D eigenvalue weighted by Crippen LogP contribution is -2.30. The van der Waals surface area contributed by atoms with E-state index in [1.54, 1.807) is 7.11 Å². The number of hydrogen-bond donors (Lipinski definition) is 1. The molecule has 1 saturated heterocycles. The molecule has 0 spiro atoms. The molecule has 0 aromatic carbocycles. The Bertz CT molecular complexity index is 221. The second-order valence-electron chi connectivity index (χ2n) is 4.64. The van der Waals surface area contributed by atoms with Gasteiger partial charge in [-0.1, -0.05) is 0 Å². The van der Waals surface area contributed by atoms with Crippen molar-refractivity contribution >= 4 is 5.91 Å². The lowest BCUT2D eigenvalue weighted by Gasteiger charge is -2.17. The molecule has 1 aliphatic heterocycles. The molecule has 0 saturated carbocycles. The number of carbonyl (C=O) groups is 1. The van der Waals surface area contributed by atoms with E-state index in [0.29, 0.717) is 12.3 Å². The summed E-state index contributed by atoms with van der Waals surface area (Å²) in [5.41, 5.74) is 0. The predicted octanol–water partition coefficient (Wildman–Crippen LogP) is 0.869. The summed E-state index contributed by atoms with van der Waals surface area (Å²) in [6.07, 6.45) is 2.75. The average Bonchev–Trinajstić information content (AvgIpc) is 2.74. The molecule has 1 heterocycles. The van der Waals surface area contributed by atoms with Gasteiger partial charge in [0.2, 0.25) is 5.91 Å². The number of likely N-dealkylation sites (tertiary alicyclic amines) is 1. The van der Waals surface area contributed by atoms with Crippen molar-refractivity contribution in [3.05, 3.63) is 0 Å². The van der Waals surface area contributed by atoms with Crippen LogP contribution in [-0.2, 0) is 9.53 Å². The zero-order valence-corrected chi connectivity index (χ0v) is 10.7. The van der Waals surface area contributed by atoms with E-state index in [0.717, 1.165) is 32.5 Å². The largest absolute Gasteiger partial charge is 0.382 e. The minimum absolute atomic E-state index is 0.180. The van der Waals surface area contributed by atoms with E-state index in [1.807, 2.05) is 18.9 Å². The Kier molecular flexibility index (Phi) is 5.77. The fourth-order valence-corrected chi connectivity index (χ4v) is 2.12. The van der Waals surface area contributed by atoms with Crippen molar-refractivity contribution in [2.24, 2.45) is 5.92 Å². The highest BCUT2D eigenvalue weighted by molar-refractivity contribution is 5.76. The van der Waals surface area contributed by atoms with Crippen LogP contribution >= 0.6 is 0 Å². The van der Waals surface area contributed by atoms with Crippen molar-refractivity contribution in [3.63, 3.8) is 0 Å². The molecular formula is C12H24N2O2. The molecule has 2 unspecified atom stereocenters. The summed E-state index contributed by atoms with van der Waals surface area (Å²) in [5, 5.41) is 3.17. The lowest BCUT2D eigenvalue weighted by molar-refractivity contribution is -0.130. The molecule has 4 nitrogen and oxygen atoms in total. The summed E-state index contributed by atoms with van der Waals surface area (Å²) in [5.74, 6) is 0.913. The van der Waals surface area contributed by atoms with Gasteiger partial charge in [0, 0.05) is 26.6 Å². The summed E-state index contributed by atoms with van der Waals surface area (Å²) in [7, 11) is 3.65. The minimum atomic E-state index is 0.180. The maximum Gasteiger partial charge on any atom is 0.222 e. The Balaban J connectivity index is 2.23. The highest BCUT2D eigenvalue weighted by atomic mass is 16.5. The Morgan fingerprint density at radius 3 is 3.00 bits per heavy atom. The number of ether oxygens (including phenoxy) is 1. The van der Waals surface area contributed by atoms with Gasteiger partial charge in [-0.05, 0) is 39.3 Å². The van der Waals surface area contributed by atoms with E-state index in [1.165, 1.54) is 0 Å². The first-order chi connectivity index (χ1) is 7.67. The number of carbonyl (C=O) groups excluding carboxylic acids is 1. The van der Waals surface area contributed by atoms with Gasteiger partial charge in [-0.25, -0.2) is 0 Å². The monoisotopic (exact) mass is 228 g/mol. The topological polar surface area (TPSA) is 41.6 Å².